The van der Waals surface area contributed by atoms with Crippen molar-refractivity contribution < 1.29 is 9.59 Å². The van der Waals surface area contributed by atoms with Gasteiger partial charge in [0.2, 0.25) is 5.91 Å². The van der Waals surface area contributed by atoms with Gasteiger partial charge in [-0.25, -0.2) is 0 Å². The molecule has 3 aromatic rings. The second-order valence-electron chi connectivity index (χ2n) is 10.5. The smallest absolute Gasteiger partial charge is 0.251 e. The maximum atomic E-state index is 14.2. The summed E-state index contributed by atoms with van der Waals surface area (Å²) in [7, 11) is 0. The van der Waals surface area contributed by atoms with Crippen molar-refractivity contribution in [1.29, 1.82) is 0 Å². The first-order valence-corrected chi connectivity index (χ1v) is 13.8. The van der Waals surface area contributed by atoms with Gasteiger partial charge in [-0.1, -0.05) is 79.0 Å². The van der Waals surface area contributed by atoms with Crippen LogP contribution in [0.15, 0.2) is 78.9 Å². The van der Waals surface area contributed by atoms with Gasteiger partial charge in [0.15, 0.2) is 0 Å². The average molecular weight is 514 g/mol. The summed E-state index contributed by atoms with van der Waals surface area (Å²) in [4.78, 5) is 29.3. The Morgan fingerprint density at radius 1 is 0.892 bits per heavy atom. The highest BCUT2D eigenvalue weighted by Crippen LogP contribution is 2.52. The lowest BCUT2D eigenvalue weighted by molar-refractivity contribution is -0.138. The predicted octanol–water partition coefficient (Wildman–Crippen LogP) is 6.39. The molecule has 1 saturated heterocycles. The second-order valence-corrected chi connectivity index (χ2v) is 11.0. The number of hydrogen-bond donors (Lipinski definition) is 2. The number of nitrogens with zero attached hydrogens (tertiary/aromatic N) is 1. The number of carbonyl (C=O) groups is 2. The molecule has 2 heterocycles. The van der Waals surface area contributed by atoms with Crippen molar-refractivity contribution >= 4 is 29.1 Å². The zero-order valence-corrected chi connectivity index (χ0v) is 21.5. The molecule has 3 aromatic carbocycles. The predicted molar refractivity (Wildman–Crippen MR) is 146 cm³/mol. The SMILES string of the molecule is O=C(N[C@@H]1CCCC[C@@H]1C(=O)N1CC[C@H]2[C@@H](c3ccccc3)Nc3cc(Cl)ccc3[C@H]21)c1ccccc1. The number of amides is 2. The Kier molecular flexibility index (Phi) is 6.64. The number of carbonyl (C=O) groups excluding carboxylic acids is 2. The number of benzene rings is 3. The van der Waals surface area contributed by atoms with Crippen LogP contribution in [0.5, 0.6) is 0 Å². The van der Waals surface area contributed by atoms with Gasteiger partial charge in [-0.05, 0) is 54.7 Å². The first-order valence-electron chi connectivity index (χ1n) is 13.4. The summed E-state index contributed by atoms with van der Waals surface area (Å²) in [5.41, 5.74) is 3.99. The van der Waals surface area contributed by atoms with Crippen molar-refractivity contribution in [3.63, 3.8) is 0 Å². The highest BCUT2D eigenvalue weighted by atomic mass is 35.5. The molecule has 6 rings (SSSR count). The summed E-state index contributed by atoms with van der Waals surface area (Å²) < 4.78 is 0. The fourth-order valence-electron chi connectivity index (χ4n) is 6.64. The minimum atomic E-state index is -0.207. The lowest BCUT2D eigenvalue weighted by Gasteiger charge is -2.42. The van der Waals surface area contributed by atoms with E-state index in [2.05, 4.69) is 45.9 Å². The van der Waals surface area contributed by atoms with E-state index in [0.717, 1.165) is 49.9 Å². The third kappa shape index (κ3) is 4.61. The molecule has 0 bridgehead atoms. The summed E-state index contributed by atoms with van der Waals surface area (Å²) in [5.74, 6) is 0.123. The molecule has 2 aliphatic heterocycles. The van der Waals surface area contributed by atoms with E-state index in [9.17, 15) is 9.59 Å². The van der Waals surface area contributed by atoms with Crippen LogP contribution < -0.4 is 10.6 Å². The molecule has 5 atom stereocenters. The van der Waals surface area contributed by atoms with Gasteiger partial charge in [0.05, 0.1) is 18.0 Å². The first kappa shape index (κ1) is 24.1. The van der Waals surface area contributed by atoms with Gasteiger partial charge in [-0.3, -0.25) is 9.59 Å². The summed E-state index contributed by atoms with van der Waals surface area (Å²) in [6.07, 6.45) is 4.60. The summed E-state index contributed by atoms with van der Waals surface area (Å²) in [6, 6.07) is 25.7. The van der Waals surface area contributed by atoms with E-state index in [1.807, 2.05) is 48.5 Å². The molecule has 2 N–H and O–H groups in total. The van der Waals surface area contributed by atoms with Gasteiger partial charge >= 0.3 is 0 Å². The van der Waals surface area contributed by atoms with E-state index in [1.54, 1.807) is 0 Å². The number of likely N-dealkylation sites (tertiary alicyclic amines) is 1. The first-order chi connectivity index (χ1) is 18.1. The van der Waals surface area contributed by atoms with Crippen LogP contribution in [0, 0.1) is 11.8 Å². The molecule has 1 saturated carbocycles. The van der Waals surface area contributed by atoms with E-state index in [0.29, 0.717) is 10.6 Å². The summed E-state index contributed by atoms with van der Waals surface area (Å²) >= 11 is 6.39. The Morgan fingerprint density at radius 2 is 1.62 bits per heavy atom. The normalized spacial score (nSPS) is 26.5. The number of nitrogens with one attached hydrogen (secondary N) is 2. The highest BCUT2D eigenvalue weighted by molar-refractivity contribution is 6.30. The van der Waals surface area contributed by atoms with Gasteiger partial charge in [0.25, 0.3) is 5.91 Å². The molecule has 5 nitrogen and oxygen atoms in total. The van der Waals surface area contributed by atoms with Crippen molar-refractivity contribution in [1.82, 2.24) is 10.2 Å². The number of fused-ring (bicyclic) bond motifs is 3. The zero-order valence-electron chi connectivity index (χ0n) is 20.8. The van der Waals surface area contributed by atoms with Crippen LogP contribution in [0.4, 0.5) is 5.69 Å². The molecule has 0 spiro atoms. The van der Waals surface area contributed by atoms with E-state index in [1.165, 1.54) is 5.56 Å². The monoisotopic (exact) mass is 513 g/mol. The van der Waals surface area contributed by atoms with Crippen molar-refractivity contribution in [2.75, 3.05) is 11.9 Å². The Hall–Kier alpha value is -3.31. The molecule has 6 heteroatoms. The quantitative estimate of drug-likeness (QED) is 0.425. The topological polar surface area (TPSA) is 61.4 Å². The second kappa shape index (κ2) is 10.2. The van der Waals surface area contributed by atoms with Crippen molar-refractivity contribution in [2.24, 2.45) is 11.8 Å². The number of hydrogen-bond acceptors (Lipinski definition) is 3. The molecular weight excluding hydrogens is 482 g/mol. The fourth-order valence-corrected chi connectivity index (χ4v) is 6.81. The third-order valence-electron chi connectivity index (χ3n) is 8.40. The number of anilines is 1. The van der Waals surface area contributed by atoms with E-state index in [4.69, 9.17) is 11.6 Å². The van der Waals surface area contributed by atoms with Gasteiger partial charge < -0.3 is 15.5 Å². The van der Waals surface area contributed by atoms with Crippen LogP contribution in [-0.2, 0) is 4.79 Å². The minimum absolute atomic E-state index is 0.0152. The molecule has 2 amide bonds. The van der Waals surface area contributed by atoms with Crippen LogP contribution in [0.25, 0.3) is 0 Å². The maximum absolute atomic E-state index is 14.2. The van der Waals surface area contributed by atoms with Crippen LogP contribution in [0.1, 0.15) is 65.7 Å². The Bertz CT molecular complexity index is 1280. The molecular formula is C31H32ClN3O2. The molecule has 37 heavy (non-hydrogen) atoms. The van der Waals surface area contributed by atoms with Crippen LogP contribution in [-0.4, -0.2) is 29.3 Å². The summed E-state index contributed by atoms with van der Waals surface area (Å²) in [6.45, 7) is 0.719. The maximum Gasteiger partial charge on any atom is 0.251 e. The molecule has 0 radical (unpaired) electrons. The zero-order chi connectivity index (χ0) is 25.4. The fraction of sp³-hybridized carbons (Fsp3) is 0.355. The van der Waals surface area contributed by atoms with Crippen LogP contribution >= 0.6 is 11.6 Å². The lowest BCUT2D eigenvalue weighted by atomic mass is 9.79. The van der Waals surface area contributed by atoms with Gasteiger partial charge in [-0.15, -0.1) is 0 Å². The van der Waals surface area contributed by atoms with Crippen LogP contribution in [0.3, 0.4) is 0 Å². The highest BCUT2D eigenvalue weighted by Gasteiger charge is 2.48. The number of halogens is 1. The van der Waals surface area contributed by atoms with Crippen LogP contribution in [0.2, 0.25) is 5.02 Å². The Labute approximate surface area is 223 Å². The van der Waals surface area contributed by atoms with E-state index >= 15 is 0 Å². The molecule has 0 aromatic heterocycles. The van der Waals surface area contributed by atoms with Crippen molar-refractivity contribution in [3.8, 4) is 0 Å². The Balaban J connectivity index is 1.29. The van der Waals surface area contributed by atoms with Crippen molar-refractivity contribution in [3.05, 3.63) is 101 Å². The van der Waals surface area contributed by atoms with Gasteiger partial charge in [-0.2, -0.15) is 0 Å². The van der Waals surface area contributed by atoms with E-state index in [-0.39, 0.29) is 41.8 Å². The Morgan fingerprint density at radius 3 is 2.41 bits per heavy atom. The summed E-state index contributed by atoms with van der Waals surface area (Å²) in [5, 5.41) is 7.63. The van der Waals surface area contributed by atoms with Gasteiger partial charge in [0.1, 0.15) is 0 Å². The lowest BCUT2D eigenvalue weighted by Crippen LogP contribution is -2.50. The average Bonchev–Trinajstić information content (AvgIpc) is 3.39. The number of rotatable bonds is 4. The third-order valence-corrected chi connectivity index (χ3v) is 8.63. The molecule has 190 valence electrons. The van der Waals surface area contributed by atoms with Gasteiger partial charge in [0, 0.05) is 34.8 Å². The molecule has 2 fully saturated rings. The molecule has 0 unspecified atom stereocenters. The largest absolute Gasteiger partial charge is 0.378 e. The standard InChI is InChI=1S/C31H32ClN3O2/c32-22-15-16-23-27(19-22)33-28(20-9-3-1-4-10-20)25-17-18-35(29(23)25)31(37)24-13-7-8-14-26(24)34-30(36)21-11-5-2-6-12-21/h1-6,9-12,15-16,19,24-26,28-29,33H,7-8,13-14,17-18H2,(H,34,36)/t24-,25-,26+,28+,29+/m0/s1. The molecule has 1 aliphatic carbocycles. The molecule has 3 aliphatic rings. The van der Waals surface area contributed by atoms with Crippen molar-refractivity contribution in [2.45, 2.75) is 50.2 Å². The van der Waals surface area contributed by atoms with E-state index < -0.39 is 0 Å². The minimum Gasteiger partial charge on any atom is -0.378 e.